The van der Waals surface area contributed by atoms with Crippen molar-refractivity contribution >= 4 is 11.9 Å². The van der Waals surface area contributed by atoms with Crippen LogP contribution in [0, 0.1) is 0 Å². The molecule has 3 atom stereocenters. The Morgan fingerprint density at radius 1 is 0.483 bits per heavy atom. The van der Waals surface area contributed by atoms with Crippen LogP contribution in [-0.2, 0) is 14.3 Å². The molecular formula is C54H101NO5. The van der Waals surface area contributed by atoms with Gasteiger partial charge in [0.2, 0.25) is 5.91 Å². The number of amides is 1. The van der Waals surface area contributed by atoms with E-state index in [-0.39, 0.29) is 24.9 Å². The van der Waals surface area contributed by atoms with E-state index in [4.69, 9.17) is 4.74 Å². The minimum absolute atomic E-state index is 0.0410. The van der Waals surface area contributed by atoms with Crippen molar-refractivity contribution < 1.29 is 24.5 Å². The number of nitrogens with one attached hydrogen (secondary N) is 1. The largest absolute Gasteiger partial charge is 0.462 e. The van der Waals surface area contributed by atoms with Crippen molar-refractivity contribution in [3.63, 3.8) is 0 Å². The van der Waals surface area contributed by atoms with E-state index < -0.39 is 18.2 Å². The fraction of sp³-hybridized carbons (Fsp3) is 0.852. The Morgan fingerprint density at radius 3 is 1.32 bits per heavy atom. The average Bonchev–Trinajstić information content (AvgIpc) is 3.24. The number of carbonyl (C=O) groups excluding carboxylic acids is 2. The number of ether oxygens (including phenoxy) is 1. The predicted molar refractivity (Wildman–Crippen MR) is 259 cm³/mol. The minimum atomic E-state index is -0.799. The molecule has 6 nitrogen and oxygen atoms in total. The Labute approximate surface area is 373 Å². The Bertz CT molecular complexity index is 993. The number of hydrogen-bond acceptors (Lipinski definition) is 5. The molecule has 60 heavy (non-hydrogen) atoms. The summed E-state index contributed by atoms with van der Waals surface area (Å²) in [4.78, 5) is 26.1. The highest BCUT2D eigenvalue weighted by molar-refractivity contribution is 5.77. The van der Waals surface area contributed by atoms with Gasteiger partial charge in [-0.25, -0.2) is 0 Å². The zero-order chi connectivity index (χ0) is 43.8. The molecule has 6 heteroatoms. The molecule has 0 aliphatic rings. The second-order valence-corrected chi connectivity index (χ2v) is 17.9. The van der Waals surface area contributed by atoms with E-state index in [1.54, 1.807) is 0 Å². The number of rotatable bonds is 47. The van der Waals surface area contributed by atoms with Crippen LogP contribution in [0.15, 0.2) is 36.5 Å². The molecule has 0 radical (unpaired) electrons. The lowest BCUT2D eigenvalue weighted by Gasteiger charge is -2.24. The molecule has 0 aliphatic carbocycles. The monoisotopic (exact) mass is 844 g/mol. The summed E-state index contributed by atoms with van der Waals surface area (Å²) in [6.07, 6.45) is 56.4. The standard InChI is InChI=1S/C54H101NO5/c1-4-7-10-13-16-19-22-25-28-30-33-36-39-42-45-50(60-54(59)47-44-41-38-35-32-29-26-23-20-17-14-11-8-5-2)48-53(58)55-51(49-56)52(57)46-43-40-37-34-31-27-24-21-18-15-12-9-6-3/h28-30,32-33,36,50-52,56-57H,4-27,31,34-35,37-49H2,1-3H3,(H,55,58)/b30-28+,32-29-,36-33+. The molecule has 0 aromatic carbocycles. The maximum atomic E-state index is 13.2. The van der Waals surface area contributed by atoms with Crippen LogP contribution in [0.3, 0.4) is 0 Å². The van der Waals surface area contributed by atoms with Gasteiger partial charge in [-0.05, 0) is 70.6 Å². The van der Waals surface area contributed by atoms with Crippen LogP contribution in [0.4, 0.5) is 0 Å². The lowest BCUT2D eigenvalue weighted by atomic mass is 10.0. The van der Waals surface area contributed by atoms with Crippen molar-refractivity contribution in [1.82, 2.24) is 5.32 Å². The predicted octanol–water partition coefficient (Wildman–Crippen LogP) is 15.7. The Morgan fingerprint density at radius 2 is 0.867 bits per heavy atom. The first kappa shape index (κ1) is 58.1. The molecule has 0 aromatic rings. The van der Waals surface area contributed by atoms with Crippen molar-refractivity contribution in [2.75, 3.05) is 6.61 Å². The molecule has 0 fully saturated rings. The van der Waals surface area contributed by atoms with E-state index in [0.29, 0.717) is 19.3 Å². The average molecular weight is 844 g/mol. The van der Waals surface area contributed by atoms with Gasteiger partial charge in [-0.15, -0.1) is 0 Å². The molecule has 0 aliphatic heterocycles. The summed E-state index contributed by atoms with van der Waals surface area (Å²) in [7, 11) is 0. The first-order valence-electron chi connectivity index (χ1n) is 26.2. The third-order valence-corrected chi connectivity index (χ3v) is 12.0. The Kier molecular flexibility index (Phi) is 46.6. The highest BCUT2D eigenvalue weighted by Gasteiger charge is 2.24. The fourth-order valence-electron chi connectivity index (χ4n) is 7.95. The summed E-state index contributed by atoms with van der Waals surface area (Å²) < 4.78 is 5.90. The van der Waals surface area contributed by atoms with E-state index >= 15 is 0 Å². The topological polar surface area (TPSA) is 95.9 Å². The SMILES string of the molecule is CCCCCCCCC/C=C\CCCCCC(=O)OC(CCC/C=C/C=C/CCCCCCCCC)CC(=O)NC(CO)C(O)CCCCCCCCCCCCCCC. The molecule has 0 aromatic heterocycles. The maximum absolute atomic E-state index is 13.2. The zero-order valence-electron chi connectivity index (χ0n) is 40.1. The molecule has 3 unspecified atom stereocenters. The van der Waals surface area contributed by atoms with Crippen LogP contribution in [0.1, 0.15) is 271 Å². The Balaban J connectivity index is 4.65. The third kappa shape index (κ3) is 42.8. The van der Waals surface area contributed by atoms with Crippen molar-refractivity contribution in [2.45, 2.75) is 289 Å². The quantitative estimate of drug-likeness (QED) is 0.0245. The molecule has 0 spiro atoms. The van der Waals surface area contributed by atoms with Gasteiger partial charge in [-0.1, -0.05) is 224 Å². The number of carbonyl (C=O) groups is 2. The van der Waals surface area contributed by atoms with Gasteiger partial charge in [0.25, 0.3) is 0 Å². The highest BCUT2D eigenvalue weighted by atomic mass is 16.5. The molecule has 1 amide bonds. The van der Waals surface area contributed by atoms with E-state index in [1.165, 1.54) is 161 Å². The van der Waals surface area contributed by atoms with Crippen LogP contribution in [-0.4, -0.2) is 46.9 Å². The number of aliphatic hydroxyl groups excluding tert-OH is 2. The van der Waals surface area contributed by atoms with Gasteiger partial charge < -0.3 is 20.3 Å². The summed E-state index contributed by atoms with van der Waals surface area (Å²) >= 11 is 0. The highest BCUT2D eigenvalue weighted by Crippen LogP contribution is 2.17. The number of allylic oxidation sites excluding steroid dienone is 6. The normalized spacial score (nSPS) is 13.5. The van der Waals surface area contributed by atoms with Crippen molar-refractivity contribution in [2.24, 2.45) is 0 Å². The van der Waals surface area contributed by atoms with Crippen LogP contribution >= 0.6 is 0 Å². The fourth-order valence-corrected chi connectivity index (χ4v) is 7.95. The molecule has 0 bridgehead atoms. The van der Waals surface area contributed by atoms with E-state index in [2.05, 4.69) is 62.5 Å². The summed E-state index contributed by atoms with van der Waals surface area (Å²) in [6.45, 7) is 6.47. The number of aliphatic hydroxyl groups is 2. The summed E-state index contributed by atoms with van der Waals surface area (Å²) in [6, 6.07) is -0.716. The molecule has 352 valence electrons. The van der Waals surface area contributed by atoms with Crippen LogP contribution < -0.4 is 5.32 Å². The first-order chi connectivity index (χ1) is 29.5. The van der Waals surface area contributed by atoms with Gasteiger partial charge in [-0.2, -0.15) is 0 Å². The van der Waals surface area contributed by atoms with E-state index in [9.17, 15) is 19.8 Å². The molecule has 0 heterocycles. The maximum Gasteiger partial charge on any atom is 0.306 e. The van der Waals surface area contributed by atoms with E-state index in [1.807, 2.05) is 0 Å². The number of esters is 1. The third-order valence-electron chi connectivity index (χ3n) is 12.0. The van der Waals surface area contributed by atoms with Crippen molar-refractivity contribution in [3.05, 3.63) is 36.5 Å². The van der Waals surface area contributed by atoms with E-state index in [0.717, 1.165) is 64.2 Å². The second kappa shape index (κ2) is 48.1. The van der Waals surface area contributed by atoms with Crippen LogP contribution in [0.25, 0.3) is 0 Å². The lowest BCUT2D eigenvalue weighted by Crippen LogP contribution is -2.46. The van der Waals surface area contributed by atoms with Crippen molar-refractivity contribution in [3.8, 4) is 0 Å². The van der Waals surface area contributed by atoms with Gasteiger partial charge in [0.1, 0.15) is 6.10 Å². The van der Waals surface area contributed by atoms with Gasteiger partial charge in [0.05, 0.1) is 25.2 Å². The van der Waals surface area contributed by atoms with Gasteiger partial charge >= 0.3 is 5.97 Å². The summed E-state index contributed by atoms with van der Waals surface area (Å²) in [5.41, 5.74) is 0. The summed E-state index contributed by atoms with van der Waals surface area (Å²) in [5, 5.41) is 23.7. The second-order valence-electron chi connectivity index (χ2n) is 17.9. The molecule has 0 rings (SSSR count). The number of unbranched alkanes of at least 4 members (excludes halogenated alkanes) is 30. The van der Waals surface area contributed by atoms with Crippen LogP contribution in [0.5, 0.6) is 0 Å². The first-order valence-corrected chi connectivity index (χ1v) is 26.2. The Hall–Kier alpha value is -1.92. The lowest BCUT2D eigenvalue weighted by molar-refractivity contribution is -0.151. The molecule has 3 N–H and O–H groups in total. The molecule has 0 saturated carbocycles. The van der Waals surface area contributed by atoms with Gasteiger partial charge in [0, 0.05) is 6.42 Å². The summed E-state index contributed by atoms with van der Waals surface area (Å²) in [5.74, 6) is -0.532. The van der Waals surface area contributed by atoms with Crippen molar-refractivity contribution in [1.29, 1.82) is 0 Å². The smallest absolute Gasteiger partial charge is 0.306 e. The number of hydrogen-bond donors (Lipinski definition) is 3. The molecular weight excluding hydrogens is 743 g/mol. The zero-order valence-corrected chi connectivity index (χ0v) is 40.1. The van der Waals surface area contributed by atoms with Gasteiger partial charge in [-0.3, -0.25) is 9.59 Å². The minimum Gasteiger partial charge on any atom is -0.462 e. The van der Waals surface area contributed by atoms with Gasteiger partial charge in [0.15, 0.2) is 0 Å². The van der Waals surface area contributed by atoms with Crippen LogP contribution in [0.2, 0.25) is 0 Å². The molecule has 0 saturated heterocycles.